The number of anilines is 2. The average Bonchev–Trinajstić information content (AvgIpc) is 3.03. The van der Waals surface area contributed by atoms with E-state index < -0.39 is 0 Å². The summed E-state index contributed by atoms with van der Waals surface area (Å²) in [6.45, 7) is 0.906. The highest BCUT2D eigenvalue weighted by Crippen LogP contribution is 2.24. The summed E-state index contributed by atoms with van der Waals surface area (Å²) < 4.78 is 18.2. The molecule has 6 heteroatoms. The van der Waals surface area contributed by atoms with Crippen LogP contribution in [0.25, 0.3) is 0 Å². The van der Waals surface area contributed by atoms with Crippen molar-refractivity contribution in [2.24, 2.45) is 0 Å². The fraction of sp³-hybridized carbons (Fsp3) is 0.263. The minimum Gasteiger partial charge on any atom is -0.493 e. The van der Waals surface area contributed by atoms with E-state index in [-0.39, 0.29) is 30.7 Å². The van der Waals surface area contributed by atoms with Crippen molar-refractivity contribution in [1.82, 2.24) is 0 Å². The van der Waals surface area contributed by atoms with Gasteiger partial charge in [-0.05, 0) is 48.9 Å². The Bertz CT molecular complexity index is 762. The van der Waals surface area contributed by atoms with Gasteiger partial charge < -0.3 is 15.0 Å². The molecule has 1 heterocycles. The first-order valence-corrected chi connectivity index (χ1v) is 8.20. The first kappa shape index (κ1) is 17.0. The van der Waals surface area contributed by atoms with Crippen LogP contribution in [-0.2, 0) is 9.59 Å². The number of hydrogen-bond acceptors (Lipinski definition) is 3. The Hall–Kier alpha value is -2.89. The third-order valence-electron chi connectivity index (χ3n) is 3.93. The predicted molar refractivity (Wildman–Crippen MR) is 93.2 cm³/mol. The Morgan fingerprint density at radius 1 is 1.20 bits per heavy atom. The summed E-state index contributed by atoms with van der Waals surface area (Å²) in [7, 11) is 0. The van der Waals surface area contributed by atoms with E-state index >= 15 is 0 Å². The standard InChI is InChI=1S/C19H19FN2O3/c20-14-6-8-17(9-7-14)25-12-10-18(23)21-15-3-1-4-16(13-15)22-11-2-5-19(22)24/h1,3-4,6-9,13H,2,5,10-12H2,(H,21,23). The Kier molecular flexibility index (Phi) is 5.28. The lowest BCUT2D eigenvalue weighted by Crippen LogP contribution is -2.23. The minimum absolute atomic E-state index is 0.108. The minimum atomic E-state index is -0.332. The SMILES string of the molecule is O=C(CCOc1ccc(F)cc1)Nc1cccc(N2CCCC2=O)c1. The molecule has 1 aliphatic heterocycles. The van der Waals surface area contributed by atoms with Crippen molar-refractivity contribution in [3.63, 3.8) is 0 Å². The van der Waals surface area contributed by atoms with Crippen molar-refractivity contribution in [2.75, 3.05) is 23.4 Å². The van der Waals surface area contributed by atoms with Gasteiger partial charge in [0, 0.05) is 24.3 Å². The molecule has 130 valence electrons. The van der Waals surface area contributed by atoms with Crippen LogP contribution in [0.4, 0.5) is 15.8 Å². The molecule has 0 bridgehead atoms. The Labute approximate surface area is 145 Å². The zero-order valence-corrected chi connectivity index (χ0v) is 13.7. The molecule has 0 aliphatic carbocycles. The number of ether oxygens (including phenoxy) is 1. The Morgan fingerprint density at radius 2 is 2.00 bits per heavy atom. The lowest BCUT2D eigenvalue weighted by molar-refractivity contribution is -0.117. The number of benzene rings is 2. The van der Waals surface area contributed by atoms with Crippen LogP contribution in [0.5, 0.6) is 5.75 Å². The second kappa shape index (κ2) is 7.79. The number of carbonyl (C=O) groups excluding carboxylic acids is 2. The number of nitrogens with one attached hydrogen (secondary N) is 1. The van der Waals surface area contributed by atoms with Crippen molar-refractivity contribution in [3.05, 3.63) is 54.3 Å². The molecule has 0 radical (unpaired) electrons. The lowest BCUT2D eigenvalue weighted by Gasteiger charge is -2.16. The van der Waals surface area contributed by atoms with Gasteiger partial charge in [-0.3, -0.25) is 9.59 Å². The smallest absolute Gasteiger partial charge is 0.227 e. The van der Waals surface area contributed by atoms with Crippen LogP contribution in [0.15, 0.2) is 48.5 Å². The van der Waals surface area contributed by atoms with Crippen molar-refractivity contribution < 1.29 is 18.7 Å². The summed E-state index contributed by atoms with van der Waals surface area (Å²) in [5.74, 6) is 0.105. The van der Waals surface area contributed by atoms with Crippen molar-refractivity contribution in [3.8, 4) is 5.75 Å². The molecule has 1 fully saturated rings. The van der Waals surface area contributed by atoms with E-state index in [1.807, 2.05) is 12.1 Å². The third-order valence-corrected chi connectivity index (χ3v) is 3.93. The van der Waals surface area contributed by atoms with E-state index in [4.69, 9.17) is 4.74 Å². The van der Waals surface area contributed by atoms with E-state index in [1.54, 1.807) is 17.0 Å². The molecule has 0 saturated carbocycles. The maximum Gasteiger partial charge on any atom is 0.227 e. The number of nitrogens with zero attached hydrogens (tertiary/aromatic N) is 1. The molecule has 0 aromatic heterocycles. The normalized spacial score (nSPS) is 13.8. The largest absolute Gasteiger partial charge is 0.493 e. The molecular weight excluding hydrogens is 323 g/mol. The molecule has 1 saturated heterocycles. The highest BCUT2D eigenvalue weighted by Gasteiger charge is 2.21. The molecule has 0 atom stereocenters. The zero-order chi connectivity index (χ0) is 17.6. The quantitative estimate of drug-likeness (QED) is 0.876. The fourth-order valence-electron chi connectivity index (χ4n) is 2.69. The van der Waals surface area contributed by atoms with Gasteiger partial charge in [0.05, 0.1) is 13.0 Å². The van der Waals surface area contributed by atoms with Gasteiger partial charge >= 0.3 is 0 Å². The summed E-state index contributed by atoms with van der Waals surface area (Å²) >= 11 is 0. The third kappa shape index (κ3) is 4.56. The van der Waals surface area contributed by atoms with Gasteiger partial charge in [0.25, 0.3) is 0 Å². The highest BCUT2D eigenvalue weighted by molar-refractivity contribution is 5.97. The molecule has 0 spiro atoms. The van der Waals surface area contributed by atoms with Crippen molar-refractivity contribution in [2.45, 2.75) is 19.3 Å². The lowest BCUT2D eigenvalue weighted by atomic mass is 10.2. The maximum atomic E-state index is 12.8. The number of amides is 2. The van der Waals surface area contributed by atoms with Crippen LogP contribution in [-0.4, -0.2) is 25.0 Å². The molecule has 25 heavy (non-hydrogen) atoms. The second-order valence-electron chi connectivity index (χ2n) is 5.80. The van der Waals surface area contributed by atoms with Gasteiger partial charge in [-0.15, -0.1) is 0 Å². The number of hydrogen-bond donors (Lipinski definition) is 1. The Balaban J connectivity index is 1.50. The molecular formula is C19H19FN2O3. The van der Waals surface area contributed by atoms with Crippen LogP contribution in [0.3, 0.4) is 0 Å². The van der Waals surface area contributed by atoms with E-state index in [0.717, 1.165) is 12.1 Å². The predicted octanol–water partition coefficient (Wildman–Crippen LogP) is 3.36. The Morgan fingerprint density at radius 3 is 2.72 bits per heavy atom. The molecule has 1 aliphatic rings. The fourth-order valence-corrected chi connectivity index (χ4v) is 2.69. The average molecular weight is 342 g/mol. The molecule has 2 aromatic carbocycles. The van der Waals surface area contributed by atoms with Crippen molar-refractivity contribution >= 4 is 23.2 Å². The maximum absolute atomic E-state index is 12.8. The van der Waals surface area contributed by atoms with Crippen LogP contribution >= 0.6 is 0 Å². The first-order chi connectivity index (χ1) is 12.1. The van der Waals surface area contributed by atoms with E-state index in [9.17, 15) is 14.0 Å². The molecule has 3 rings (SSSR count). The van der Waals surface area contributed by atoms with E-state index in [1.165, 1.54) is 24.3 Å². The topological polar surface area (TPSA) is 58.6 Å². The van der Waals surface area contributed by atoms with Crippen molar-refractivity contribution in [1.29, 1.82) is 0 Å². The summed E-state index contributed by atoms with van der Waals surface area (Å²) in [4.78, 5) is 25.6. The summed E-state index contributed by atoms with van der Waals surface area (Å²) in [5.41, 5.74) is 1.44. The summed E-state index contributed by atoms with van der Waals surface area (Å²) in [6.07, 6.45) is 1.59. The van der Waals surface area contributed by atoms with Crippen LogP contribution in [0, 0.1) is 5.82 Å². The van der Waals surface area contributed by atoms with Gasteiger partial charge in [0.2, 0.25) is 11.8 Å². The number of carbonyl (C=O) groups is 2. The van der Waals surface area contributed by atoms with Gasteiger partial charge in [0.1, 0.15) is 11.6 Å². The van der Waals surface area contributed by atoms with Gasteiger partial charge in [0.15, 0.2) is 0 Å². The summed E-state index contributed by atoms with van der Waals surface area (Å²) in [5, 5.41) is 2.80. The summed E-state index contributed by atoms with van der Waals surface area (Å²) in [6, 6.07) is 12.9. The number of halogens is 1. The molecule has 0 unspecified atom stereocenters. The first-order valence-electron chi connectivity index (χ1n) is 8.20. The monoisotopic (exact) mass is 342 g/mol. The van der Waals surface area contributed by atoms with Gasteiger partial charge in [-0.25, -0.2) is 4.39 Å². The van der Waals surface area contributed by atoms with Gasteiger partial charge in [-0.2, -0.15) is 0 Å². The zero-order valence-electron chi connectivity index (χ0n) is 13.7. The molecule has 1 N–H and O–H groups in total. The van der Waals surface area contributed by atoms with Crippen LogP contribution < -0.4 is 15.0 Å². The van der Waals surface area contributed by atoms with E-state index in [2.05, 4.69) is 5.32 Å². The number of rotatable bonds is 6. The van der Waals surface area contributed by atoms with Gasteiger partial charge in [-0.1, -0.05) is 6.07 Å². The molecule has 2 amide bonds. The van der Waals surface area contributed by atoms with Crippen LogP contribution in [0.2, 0.25) is 0 Å². The van der Waals surface area contributed by atoms with Crippen LogP contribution in [0.1, 0.15) is 19.3 Å². The molecule has 2 aromatic rings. The van der Waals surface area contributed by atoms with E-state index in [0.29, 0.717) is 24.4 Å². The second-order valence-corrected chi connectivity index (χ2v) is 5.80. The molecule has 5 nitrogen and oxygen atoms in total. The highest BCUT2D eigenvalue weighted by atomic mass is 19.1.